The van der Waals surface area contributed by atoms with E-state index < -0.39 is 5.97 Å². The molecule has 0 bridgehead atoms. The molecule has 0 atom stereocenters. The minimum Gasteiger partial charge on any atom is -0.493 e. The van der Waals surface area contributed by atoms with Crippen LogP contribution in [-0.4, -0.2) is 26.7 Å². The van der Waals surface area contributed by atoms with Crippen molar-refractivity contribution in [3.05, 3.63) is 22.8 Å². The predicted molar refractivity (Wildman–Crippen MR) is 60.5 cm³/mol. The molecule has 17 heavy (non-hydrogen) atoms. The number of carbonyl (C=O) groups is 2. The minimum absolute atomic E-state index is 0.0867. The molecule has 0 heterocycles. The standard InChI is InChI=1S/C12H14O5/c1-7-5-9(12(14)17-6-13)11(16-4)10(15-3)8(7)2/h5-6H,1-4H3. The molecule has 1 aromatic rings. The largest absolute Gasteiger partial charge is 0.493 e. The quantitative estimate of drug-likeness (QED) is 0.453. The van der Waals surface area contributed by atoms with Gasteiger partial charge in [-0.3, -0.25) is 4.79 Å². The second kappa shape index (κ2) is 5.34. The lowest BCUT2D eigenvalue weighted by Crippen LogP contribution is -2.08. The second-order valence-corrected chi connectivity index (χ2v) is 3.43. The first-order chi connectivity index (χ1) is 8.06. The highest BCUT2D eigenvalue weighted by Crippen LogP contribution is 2.36. The van der Waals surface area contributed by atoms with Crippen molar-refractivity contribution in [3.63, 3.8) is 0 Å². The van der Waals surface area contributed by atoms with E-state index in [1.165, 1.54) is 14.2 Å². The average Bonchev–Trinajstić information content (AvgIpc) is 2.32. The summed E-state index contributed by atoms with van der Waals surface area (Å²) in [6, 6.07) is 1.60. The Balaban J connectivity index is 3.44. The lowest BCUT2D eigenvalue weighted by molar-refractivity contribution is -0.123. The molecule has 0 fully saturated rings. The summed E-state index contributed by atoms with van der Waals surface area (Å²) in [5.74, 6) is -0.0361. The smallest absolute Gasteiger partial charge is 0.349 e. The van der Waals surface area contributed by atoms with Crippen molar-refractivity contribution in [2.45, 2.75) is 13.8 Å². The molecule has 0 saturated heterocycles. The molecule has 1 rings (SSSR count). The van der Waals surface area contributed by atoms with Gasteiger partial charge in [0.25, 0.3) is 0 Å². The number of hydrogen-bond donors (Lipinski definition) is 0. The van der Waals surface area contributed by atoms with E-state index in [1.807, 2.05) is 13.8 Å². The average molecular weight is 238 g/mol. The third kappa shape index (κ3) is 2.38. The fourth-order valence-corrected chi connectivity index (χ4v) is 1.57. The topological polar surface area (TPSA) is 61.8 Å². The van der Waals surface area contributed by atoms with Gasteiger partial charge in [-0.1, -0.05) is 0 Å². The molecular formula is C12H14O5. The zero-order chi connectivity index (χ0) is 13.0. The van der Waals surface area contributed by atoms with Gasteiger partial charge >= 0.3 is 12.4 Å². The van der Waals surface area contributed by atoms with Gasteiger partial charge in [-0.2, -0.15) is 0 Å². The van der Waals surface area contributed by atoms with E-state index >= 15 is 0 Å². The highest BCUT2D eigenvalue weighted by atomic mass is 16.6. The van der Waals surface area contributed by atoms with Crippen molar-refractivity contribution >= 4 is 12.4 Å². The molecule has 5 nitrogen and oxygen atoms in total. The predicted octanol–water partition coefficient (Wildman–Crippen LogP) is 1.63. The number of benzene rings is 1. The summed E-state index contributed by atoms with van der Waals surface area (Å²) < 4.78 is 14.6. The summed E-state index contributed by atoms with van der Waals surface area (Å²) in [6.45, 7) is 3.77. The van der Waals surface area contributed by atoms with Gasteiger partial charge in [0, 0.05) is 0 Å². The van der Waals surface area contributed by atoms with E-state index in [9.17, 15) is 9.59 Å². The molecule has 0 aliphatic carbocycles. The second-order valence-electron chi connectivity index (χ2n) is 3.43. The number of hydrogen-bond acceptors (Lipinski definition) is 5. The Morgan fingerprint density at radius 1 is 1.18 bits per heavy atom. The number of esters is 1. The fourth-order valence-electron chi connectivity index (χ4n) is 1.57. The Labute approximate surface area is 99.3 Å². The highest BCUT2D eigenvalue weighted by molar-refractivity contribution is 5.97. The Morgan fingerprint density at radius 2 is 1.76 bits per heavy atom. The molecule has 0 aromatic heterocycles. The monoisotopic (exact) mass is 238 g/mol. The maximum Gasteiger partial charge on any atom is 0.349 e. The minimum atomic E-state index is -0.766. The van der Waals surface area contributed by atoms with Gasteiger partial charge in [-0.25, -0.2) is 4.79 Å². The molecule has 0 unspecified atom stereocenters. The Kier molecular flexibility index (Phi) is 4.09. The van der Waals surface area contributed by atoms with Crippen LogP contribution >= 0.6 is 0 Å². The highest BCUT2D eigenvalue weighted by Gasteiger charge is 2.21. The van der Waals surface area contributed by atoms with E-state index in [-0.39, 0.29) is 17.8 Å². The van der Waals surface area contributed by atoms with Crippen molar-refractivity contribution in [1.29, 1.82) is 0 Å². The van der Waals surface area contributed by atoms with Gasteiger partial charge in [-0.05, 0) is 31.0 Å². The normalized spacial score (nSPS) is 9.65. The van der Waals surface area contributed by atoms with E-state index in [1.54, 1.807) is 6.07 Å². The third-order valence-electron chi connectivity index (χ3n) is 2.53. The van der Waals surface area contributed by atoms with Crippen molar-refractivity contribution < 1.29 is 23.8 Å². The van der Waals surface area contributed by atoms with Crippen molar-refractivity contribution in [1.82, 2.24) is 0 Å². The first kappa shape index (κ1) is 13.0. The van der Waals surface area contributed by atoms with E-state index in [4.69, 9.17) is 9.47 Å². The van der Waals surface area contributed by atoms with Gasteiger partial charge in [0.2, 0.25) is 0 Å². The van der Waals surface area contributed by atoms with Crippen LogP contribution in [0.15, 0.2) is 6.07 Å². The van der Waals surface area contributed by atoms with Crippen LogP contribution in [0.2, 0.25) is 0 Å². The summed E-state index contributed by atoms with van der Waals surface area (Å²) in [5.41, 5.74) is 1.88. The number of carbonyl (C=O) groups excluding carboxylic acids is 2. The first-order valence-electron chi connectivity index (χ1n) is 4.93. The van der Waals surface area contributed by atoms with Gasteiger partial charge in [0.05, 0.1) is 14.2 Å². The van der Waals surface area contributed by atoms with Gasteiger partial charge in [-0.15, -0.1) is 0 Å². The summed E-state index contributed by atoms with van der Waals surface area (Å²) in [7, 11) is 2.91. The van der Waals surface area contributed by atoms with Crippen LogP contribution in [0.4, 0.5) is 0 Å². The Bertz CT molecular complexity index is 451. The Morgan fingerprint density at radius 3 is 2.24 bits per heavy atom. The van der Waals surface area contributed by atoms with E-state index in [2.05, 4.69) is 4.74 Å². The fraction of sp³-hybridized carbons (Fsp3) is 0.333. The maximum atomic E-state index is 11.6. The third-order valence-corrected chi connectivity index (χ3v) is 2.53. The molecule has 92 valence electrons. The van der Waals surface area contributed by atoms with Gasteiger partial charge in [0.1, 0.15) is 5.56 Å². The maximum absolute atomic E-state index is 11.6. The first-order valence-corrected chi connectivity index (χ1v) is 4.93. The van der Waals surface area contributed by atoms with Gasteiger partial charge in [0.15, 0.2) is 11.5 Å². The molecule has 0 saturated carbocycles. The van der Waals surface area contributed by atoms with Crippen LogP contribution in [-0.2, 0) is 9.53 Å². The van der Waals surface area contributed by atoms with Crippen LogP contribution in [0, 0.1) is 13.8 Å². The lowest BCUT2D eigenvalue weighted by Gasteiger charge is -2.15. The molecule has 0 aliphatic rings. The van der Waals surface area contributed by atoms with Crippen LogP contribution in [0.3, 0.4) is 0 Å². The van der Waals surface area contributed by atoms with E-state index in [0.717, 1.165) is 11.1 Å². The van der Waals surface area contributed by atoms with Crippen molar-refractivity contribution in [3.8, 4) is 11.5 Å². The molecule has 5 heteroatoms. The summed E-state index contributed by atoms with van der Waals surface area (Å²) in [6.07, 6.45) is 0. The number of methoxy groups -OCH3 is 2. The summed E-state index contributed by atoms with van der Waals surface area (Å²) in [5, 5.41) is 0. The molecule has 0 aliphatic heterocycles. The van der Waals surface area contributed by atoms with Crippen molar-refractivity contribution in [2.75, 3.05) is 14.2 Å². The molecule has 0 spiro atoms. The van der Waals surface area contributed by atoms with Crippen LogP contribution in [0.5, 0.6) is 11.5 Å². The van der Waals surface area contributed by atoms with Crippen LogP contribution in [0.1, 0.15) is 21.5 Å². The molecule has 0 radical (unpaired) electrons. The number of ether oxygens (including phenoxy) is 3. The number of aryl methyl sites for hydroxylation is 1. The summed E-state index contributed by atoms with van der Waals surface area (Å²) in [4.78, 5) is 21.7. The van der Waals surface area contributed by atoms with E-state index in [0.29, 0.717) is 5.75 Å². The zero-order valence-electron chi connectivity index (χ0n) is 10.2. The molecule has 0 N–H and O–H groups in total. The summed E-state index contributed by atoms with van der Waals surface area (Å²) >= 11 is 0. The molecular weight excluding hydrogens is 224 g/mol. The molecule has 0 amide bonds. The molecule has 1 aromatic carbocycles. The Hall–Kier alpha value is -2.04. The zero-order valence-corrected chi connectivity index (χ0v) is 10.2. The van der Waals surface area contributed by atoms with Crippen LogP contribution < -0.4 is 9.47 Å². The SMILES string of the molecule is COc1c(C(=O)OC=O)cc(C)c(C)c1OC. The van der Waals surface area contributed by atoms with Crippen molar-refractivity contribution in [2.24, 2.45) is 0 Å². The van der Waals surface area contributed by atoms with Crippen LogP contribution in [0.25, 0.3) is 0 Å². The lowest BCUT2D eigenvalue weighted by atomic mass is 10.0. The van der Waals surface area contributed by atoms with Gasteiger partial charge < -0.3 is 14.2 Å². The number of rotatable bonds is 4.